The highest BCUT2D eigenvalue weighted by molar-refractivity contribution is 7.99. The molecule has 27 heavy (non-hydrogen) atoms. The lowest BCUT2D eigenvalue weighted by atomic mass is 10.2. The number of anilines is 2. The van der Waals surface area contributed by atoms with E-state index >= 15 is 0 Å². The van der Waals surface area contributed by atoms with Gasteiger partial charge in [-0.1, -0.05) is 41.6 Å². The second kappa shape index (κ2) is 9.01. The molecule has 2 aromatic heterocycles. The number of benzene rings is 1. The van der Waals surface area contributed by atoms with Gasteiger partial charge in [0.05, 0.1) is 12.0 Å². The molecule has 0 atom stereocenters. The van der Waals surface area contributed by atoms with E-state index in [1.807, 2.05) is 12.1 Å². The molecule has 0 radical (unpaired) electrons. The van der Waals surface area contributed by atoms with E-state index in [1.54, 1.807) is 42.7 Å². The highest BCUT2D eigenvalue weighted by atomic mass is 35.5. The number of carbonyl (C=O) groups is 1. The van der Waals surface area contributed by atoms with Crippen LogP contribution < -0.4 is 16.6 Å². The molecule has 0 bridgehead atoms. The van der Waals surface area contributed by atoms with E-state index in [1.165, 1.54) is 4.68 Å². The largest absolute Gasteiger partial charge is 0.334 e. The fourth-order valence-electron chi connectivity index (χ4n) is 1.91. The van der Waals surface area contributed by atoms with Gasteiger partial charge in [0.25, 0.3) is 5.95 Å². The minimum atomic E-state index is -0.225. The van der Waals surface area contributed by atoms with Crippen molar-refractivity contribution in [3.8, 4) is 0 Å². The van der Waals surface area contributed by atoms with Crippen LogP contribution in [-0.4, -0.2) is 37.7 Å². The van der Waals surface area contributed by atoms with Crippen molar-refractivity contribution in [3.05, 3.63) is 59.2 Å². The summed E-state index contributed by atoms with van der Waals surface area (Å²) in [5, 5.41) is 15.6. The minimum Gasteiger partial charge on any atom is -0.334 e. The minimum absolute atomic E-state index is 0.111. The average molecular weight is 403 g/mol. The van der Waals surface area contributed by atoms with Crippen LogP contribution in [0, 0.1) is 0 Å². The molecule has 3 rings (SSSR count). The van der Waals surface area contributed by atoms with Crippen molar-refractivity contribution in [1.29, 1.82) is 0 Å². The summed E-state index contributed by atoms with van der Waals surface area (Å²) in [7, 11) is 0. The van der Waals surface area contributed by atoms with Crippen molar-refractivity contribution in [2.45, 2.75) is 5.16 Å². The standard InChI is InChI=1S/C16H15ClN8OS/c17-12-6-4-11(5-7-12)9-20-22-15-23-24-16(25(15)18)27-10-14(26)21-13-3-1-2-8-19-13/h1-9H,10,18H2,(H,22,23)(H,19,21,26)/b20-9+. The van der Waals surface area contributed by atoms with Gasteiger partial charge < -0.3 is 11.2 Å². The van der Waals surface area contributed by atoms with Crippen molar-refractivity contribution in [2.75, 3.05) is 22.3 Å². The molecule has 1 aromatic carbocycles. The number of carbonyl (C=O) groups excluding carboxylic acids is 1. The molecular formula is C16H15ClN8OS. The third-order valence-electron chi connectivity index (χ3n) is 3.18. The average Bonchev–Trinajstić information content (AvgIpc) is 3.02. The number of hydrazone groups is 1. The summed E-state index contributed by atoms with van der Waals surface area (Å²) in [5.41, 5.74) is 3.56. The maximum absolute atomic E-state index is 11.9. The Kier molecular flexibility index (Phi) is 6.23. The van der Waals surface area contributed by atoms with Gasteiger partial charge in [-0.05, 0) is 29.8 Å². The fourth-order valence-corrected chi connectivity index (χ4v) is 2.69. The molecule has 3 aromatic rings. The van der Waals surface area contributed by atoms with Gasteiger partial charge in [-0.25, -0.2) is 15.1 Å². The highest BCUT2D eigenvalue weighted by Gasteiger charge is 2.12. The van der Waals surface area contributed by atoms with Gasteiger partial charge in [-0.3, -0.25) is 4.79 Å². The van der Waals surface area contributed by atoms with Crippen LogP contribution in [-0.2, 0) is 4.79 Å². The predicted molar refractivity (Wildman–Crippen MR) is 106 cm³/mol. The topological polar surface area (TPSA) is 123 Å². The first-order valence-corrected chi connectivity index (χ1v) is 9.07. The number of nitrogens with two attached hydrogens (primary N) is 1. The summed E-state index contributed by atoms with van der Waals surface area (Å²) in [5.74, 6) is 6.53. The van der Waals surface area contributed by atoms with E-state index in [-0.39, 0.29) is 17.6 Å². The number of pyridine rings is 1. The monoisotopic (exact) mass is 402 g/mol. The third kappa shape index (κ3) is 5.43. The number of nitrogens with one attached hydrogen (secondary N) is 2. The molecule has 11 heteroatoms. The number of hydrogen-bond acceptors (Lipinski definition) is 8. The quantitative estimate of drug-likeness (QED) is 0.239. The van der Waals surface area contributed by atoms with Crippen LogP contribution in [0.2, 0.25) is 5.02 Å². The number of amides is 1. The normalized spacial score (nSPS) is 10.9. The molecule has 138 valence electrons. The molecule has 0 fully saturated rings. The van der Waals surface area contributed by atoms with Crippen LogP contribution in [0.1, 0.15) is 5.56 Å². The molecule has 4 N–H and O–H groups in total. The summed E-state index contributed by atoms with van der Waals surface area (Å²) < 4.78 is 1.22. The Morgan fingerprint density at radius 1 is 1.26 bits per heavy atom. The summed E-state index contributed by atoms with van der Waals surface area (Å²) in [6.45, 7) is 0. The van der Waals surface area contributed by atoms with Crippen molar-refractivity contribution in [1.82, 2.24) is 19.9 Å². The molecule has 0 unspecified atom stereocenters. The Labute approximate surface area is 164 Å². The fraction of sp³-hybridized carbons (Fsp3) is 0.0625. The molecule has 9 nitrogen and oxygen atoms in total. The first-order chi connectivity index (χ1) is 13.1. The van der Waals surface area contributed by atoms with E-state index < -0.39 is 0 Å². The maximum Gasteiger partial charge on any atom is 0.264 e. The zero-order chi connectivity index (χ0) is 19.1. The van der Waals surface area contributed by atoms with Gasteiger partial charge in [0.2, 0.25) is 11.1 Å². The van der Waals surface area contributed by atoms with Crippen LogP contribution in [0.25, 0.3) is 0 Å². The van der Waals surface area contributed by atoms with Crippen LogP contribution >= 0.6 is 23.4 Å². The van der Waals surface area contributed by atoms with Gasteiger partial charge >= 0.3 is 0 Å². The molecule has 0 aliphatic carbocycles. The lowest BCUT2D eigenvalue weighted by Gasteiger charge is -2.04. The summed E-state index contributed by atoms with van der Waals surface area (Å²) >= 11 is 6.97. The smallest absolute Gasteiger partial charge is 0.264 e. The van der Waals surface area contributed by atoms with E-state index in [0.717, 1.165) is 17.3 Å². The Balaban J connectivity index is 1.52. The molecule has 0 saturated carbocycles. The van der Waals surface area contributed by atoms with Crippen molar-refractivity contribution in [3.63, 3.8) is 0 Å². The summed E-state index contributed by atoms with van der Waals surface area (Å²) in [6.07, 6.45) is 3.19. The first-order valence-electron chi connectivity index (χ1n) is 7.70. The SMILES string of the molecule is Nn1c(N/N=C/c2ccc(Cl)cc2)nnc1SCC(=O)Nc1ccccn1. The summed E-state index contributed by atoms with van der Waals surface area (Å²) in [4.78, 5) is 16.0. The molecule has 2 heterocycles. The number of nitrogen functional groups attached to an aromatic ring is 1. The molecular weight excluding hydrogens is 388 g/mol. The van der Waals surface area contributed by atoms with Crippen molar-refractivity contribution < 1.29 is 4.79 Å². The molecule has 0 aliphatic rings. The summed E-state index contributed by atoms with van der Waals surface area (Å²) in [6, 6.07) is 12.4. The van der Waals surface area contributed by atoms with Gasteiger partial charge in [0.15, 0.2) is 0 Å². The number of hydrogen-bond donors (Lipinski definition) is 3. The van der Waals surface area contributed by atoms with E-state index in [9.17, 15) is 4.79 Å². The molecule has 0 aliphatic heterocycles. The number of thioether (sulfide) groups is 1. The van der Waals surface area contributed by atoms with Crippen molar-refractivity contribution >= 4 is 47.3 Å². The first kappa shape index (κ1) is 18.7. The lowest BCUT2D eigenvalue weighted by Crippen LogP contribution is -2.17. The van der Waals surface area contributed by atoms with E-state index in [4.69, 9.17) is 17.4 Å². The molecule has 0 spiro atoms. The highest BCUT2D eigenvalue weighted by Crippen LogP contribution is 2.17. The lowest BCUT2D eigenvalue weighted by molar-refractivity contribution is -0.113. The zero-order valence-electron chi connectivity index (χ0n) is 13.9. The van der Waals surface area contributed by atoms with Crippen LogP contribution in [0.3, 0.4) is 0 Å². The zero-order valence-corrected chi connectivity index (χ0v) is 15.5. The van der Waals surface area contributed by atoms with E-state index in [2.05, 4.69) is 31.0 Å². The van der Waals surface area contributed by atoms with Crippen LogP contribution in [0.5, 0.6) is 0 Å². The predicted octanol–water partition coefficient (Wildman–Crippen LogP) is 2.22. The number of nitrogens with zero attached hydrogens (tertiary/aromatic N) is 5. The second-order valence-corrected chi connectivity index (χ2v) is 6.53. The Bertz CT molecular complexity index is 929. The van der Waals surface area contributed by atoms with Gasteiger partial charge in [-0.2, -0.15) is 5.10 Å². The number of halogens is 1. The van der Waals surface area contributed by atoms with E-state index in [0.29, 0.717) is 16.0 Å². The number of rotatable bonds is 7. The van der Waals surface area contributed by atoms with Gasteiger partial charge in [0.1, 0.15) is 5.82 Å². The Morgan fingerprint density at radius 2 is 2.07 bits per heavy atom. The number of aromatic nitrogens is 4. The maximum atomic E-state index is 11.9. The van der Waals surface area contributed by atoms with Gasteiger partial charge in [0, 0.05) is 11.2 Å². The van der Waals surface area contributed by atoms with Crippen LogP contribution in [0.4, 0.5) is 11.8 Å². The Morgan fingerprint density at radius 3 is 2.81 bits per heavy atom. The molecule has 0 saturated heterocycles. The van der Waals surface area contributed by atoms with Crippen molar-refractivity contribution in [2.24, 2.45) is 5.10 Å². The van der Waals surface area contributed by atoms with Gasteiger partial charge in [-0.15, -0.1) is 10.2 Å². The second-order valence-electron chi connectivity index (χ2n) is 5.15. The van der Waals surface area contributed by atoms with Crippen LogP contribution in [0.15, 0.2) is 58.9 Å². The third-order valence-corrected chi connectivity index (χ3v) is 4.37. The molecule has 1 amide bonds. The Hall–Kier alpha value is -3.11.